The molecule has 2 aliphatic carbocycles. The largest absolute Gasteiger partial charge is 0.493 e. The van der Waals surface area contributed by atoms with Gasteiger partial charge in [0.1, 0.15) is 24.3 Å². The number of nitrogens with one attached hydrogen (secondary N) is 1. The molecule has 1 heterocycles. The summed E-state index contributed by atoms with van der Waals surface area (Å²) in [5.74, 6) is -0.965. The minimum Gasteiger partial charge on any atom is -0.493 e. The number of aliphatic hydroxyl groups is 2. The highest BCUT2D eigenvalue weighted by atomic mass is 19.1. The molecule has 3 N–H and O–H groups in total. The summed E-state index contributed by atoms with van der Waals surface area (Å²) in [6.45, 7) is -0.170. The molecule has 3 aliphatic rings. The van der Waals surface area contributed by atoms with Crippen LogP contribution in [0.3, 0.4) is 0 Å². The first kappa shape index (κ1) is 28.8. The number of nitrogens with zero attached hydrogens (tertiary/aromatic N) is 1. The maximum absolute atomic E-state index is 13.8. The van der Waals surface area contributed by atoms with Crippen molar-refractivity contribution in [1.82, 2.24) is 10.2 Å². The zero-order chi connectivity index (χ0) is 29.1. The minimum absolute atomic E-state index is 0.00605. The normalized spacial score (nSPS) is 23.2. The number of carbonyl (C=O) groups excluding carboxylic acids is 3. The third-order valence-corrected chi connectivity index (χ3v) is 8.30. The summed E-state index contributed by atoms with van der Waals surface area (Å²) in [4.78, 5) is 40.5. The van der Waals surface area contributed by atoms with E-state index in [1.54, 1.807) is 29.2 Å². The Hall–Kier alpha value is -3.76. The van der Waals surface area contributed by atoms with Crippen molar-refractivity contribution in [2.45, 2.75) is 62.8 Å². The highest BCUT2D eigenvalue weighted by Crippen LogP contribution is 2.51. The van der Waals surface area contributed by atoms with Crippen molar-refractivity contribution >= 4 is 18.1 Å². The van der Waals surface area contributed by atoms with Crippen molar-refractivity contribution in [3.05, 3.63) is 70.6 Å². The van der Waals surface area contributed by atoms with Gasteiger partial charge >= 0.3 is 0 Å². The van der Waals surface area contributed by atoms with Crippen molar-refractivity contribution in [3.8, 4) is 11.5 Å². The van der Waals surface area contributed by atoms with Gasteiger partial charge in [-0.2, -0.15) is 0 Å². The molecule has 218 valence electrons. The molecule has 41 heavy (non-hydrogen) atoms. The predicted octanol–water partition coefficient (Wildman–Crippen LogP) is 2.88. The van der Waals surface area contributed by atoms with Crippen molar-refractivity contribution in [3.63, 3.8) is 0 Å². The second-order valence-corrected chi connectivity index (χ2v) is 10.9. The number of hydrogen-bond donors (Lipinski definition) is 3. The SMILES string of the molecule is COc1cc(C=O)cc2c1O[C@@H]1[C@@H](O)[C@H](N(Cc3ccc(F)cc3)C(=O)CC3CCCC3)C=C(C(=O)NCCO)[C@H]21. The third kappa shape index (κ3) is 5.85. The lowest BCUT2D eigenvalue weighted by Gasteiger charge is -2.41. The van der Waals surface area contributed by atoms with Crippen LogP contribution in [0.1, 0.15) is 59.5 Å². The Morgan fingerprint density at radius 2 is 1.93 bits per heavy atom. The van der Waals surface area contributed by atoms with Gasteiger partial charge in [-0.05, 0) is 54.7 Å². The maximum Gasteiger partial charge on any atom is 0.247 e. The predicted molar refractivity (Wildman–Crippen MR) is 147 cm³/mol. The number of rotatable bonds is 10. The Morgan fingerprint density at radius 3 is 2.59 bits per heavy atom. The molecule has 1 aliphatic heterocycles. The number of ether oxygens (including phenoxy) is 2. The van der Waals surface area contributed by atoms with Crippen LogP contribution in [-0.4, -0.2) is 71.7 Å². The summed E-state index contributed by atoms with van der Waals surface area (Å²) >= 11 is 0. The van der Waals surface area contributed by atoms with Crippen LogP contribution in [0.4, 0.5) is 4.39 Å². The van der Waals surface area contributed by atoms with E-state index in [0.717, 1.165) is 25.7 Å². The van der Waals surface area contributed by atoms with Crippen LogP contribution in [-0.2, 0) is 16.1 Å². The van der Waals surface area contributed by atoms with Gasteiger partial charge in [0.2, 0.25) is 11.8 Å². The van der Waals surface area contributed by atoms with Gasteiger partial charge < -0.3 is 29.9 Å². The van der Waals surface area contributed by atoms with E-state index in [4.69, 9.17) is 9.47 Å². The fraction of sp³-hybridized carbons (Fsp3) is 0.452. The van der Waals surface area contributed by atoms with Crippen molar-refractivity contribution in [2.24, 2.45) is 5.92 Å². The molecule has 10 heteroatoms. The molecule has 2 aromatic carbocycles. The van der Waals surface area contributed by atoms with Crippen LogP contribution in [0.25, 0.3) is 0 Å². The molecule has 0 aromatic heterocycles. The Labute approximate surface area is 237 Å². The number of halogens is 1. The standard InChI is InChI=1S/C31H35FN2O7/c1-40-25-13-20(17-36)12-22-27-23(31(39)33-10-11-35)15-24(28(38)30(27)41-29(22)25)34(16-19-6-8-21(32)9-7-19)26(37)14-18-4-2-3-5-18/h6-9,12-13,15,17-18,24,27-28,30,35,38H,2-5,10-11,14,16H2,1H3,(H,33,39)/t24-,27+,28+,30+/m1/s1. The summed E-state index contributed by atoms with van der Waals surface area (Å²) in [5, 5.41) is 23.8. The highest BCUT2D eigenvalue weighted by Gasteiger charge is 2.51. The summed E-state index contributed by atoms with van der Waals surface area (Å²) in [7, 11) is 1.44. The fourth-order valence-electron chi connectivity index (χ4n) is 6.28. The van der Waals surface area contributed by atoms with Crippen LogP contribution in [0, 0.1) is 11.7 Å². The molecule has 1 saturated carbocycles. The zero-order valence-electron chi connectivity index (χ0n) is 22.9. The molecule has 4 atom stereocenters. The van der Waals surface area contributed by atoms with Crippen molar-refractivity contribution < 1.29 is 38.5 Å². The topological polar surface area (TPSA) is 125 Å². The highest BCUT2D eigenvalue weighted by molar-refractivity contribution is 5.96. The zero-order valence-corrected chi connectivity index (χ0v) is 22.9. The van der Waals surface area contributed by atoms with Gasteiger partial charge in [0, 0.05) is 36.2 Å². The van der Waals surface area contributed by atoms with E-state index in [1.165, 1.54) is 25.3 Å². The van der Waals surface area contributed by atoms with E-state index in [2.05, 4.69) is 5.32 Å². The van der Waals surface area contributed by atoms with E-state index in [0.29, 0.717) is 40.9 Å². The van der Waals surface area contributed by atoms with Crippen molar-refractivity contribution in [2.75, 3.05) is 20.3 Å². The molecular weight excluding hydrogens is 531 g/mol. The summed E-state index contributed by atoms with van der Waals surface area (Å²) in [6, 6.07) is 8.02. The Kier molecular flexibility index (Phi) is 8.70. The second kappa shape index (κ2) is 12.4. The smallest absolute Gasteiger partial charge is 0.247 e. The van der Waals surface area contributed by atoms with E-state index in [1.807, 2.05) is 0 Å². The average molecular weight is 567 g/mol. The van der Waals surface area contributed by atoms with Crippen LogP contribution < -0.4 is 14.8 Å². The van der Waals surface area contributed by atoms with E-state index in [9.17, 15) is 29.0 Å². The van der Waals surface area contributed by atoms with E-state index in [-0.39, 0.29) is 37.1 Å². The molecule has 0 saturated heterocycles. The van der Waals surface area contributed by atoms with Crippen LogP contribution in [0.2, 0.25) is 0 Å². The molecule has 9 nitrogen and oxygen atoms in total. The fourth-order valence-corrected chi connectivity index (χ4v) is 6.28. The number of hydrogen-bond acceptors (Lipinski definition) is 7. The third-order valence-electron chi connectivity index (χ3n) is 8.30. The number of fused-ring (bicyclic) bond motifs is 3. The summed E-state index contributed by atoms with van der Waals surface area (Å²) < 4.78 is 25.4. The van der Waals surface area contributed by atoms with Gasteiger partial charge in [-0.3, -0.25) is 14.4 Å². The van der Waals surface area contributed by atoms with Gasteiger partial charge in [-0.25, -0.2) is 4.39 Å². The van der Waals surface area contributed by atoms with Crippen molar-refractivity contribution in [1.29, 1.82) is 0 Å². The molecule has 0 radical (unpaired) electrons. The lowest BCUT2D eigenvalue weighted by atomic mass is 9.77. The quantitative estimate of drug-likeness (QED) is 0.378. The molecule has 2 amide bonds. The number of carbonyl (C=O) groups is 3. The van der Waals surface area contributed by atoms with E-state index < -0.39 is 35.9 Å². The van der Waals surface area contributed by atoms with Crippen LogP contribution in [0.5, 0.6) is 11.5 Å². The van der Waals surface area contributed by atoms with E-state index >= 15 is 0 Å². The Bertz CT molecular complexity index is 1320. The van der Waals surface area contributed by atoms with Crippen LogP contribution >= 0.6 is 0 Å². The molecule has 0 bridgehead atoms. The van der Waals surface area contributed by atoms with Gasteiger partial charge in [-0.1, -0.05) is 25.0 Å². The Morgan fingerprint density at radius 1 is 1.20 bits per heavy atom. The first-order valence-corrected chi connectivity index (χ1v) is 14.0. The number of aldehydes is 1. The number of aliphatic hydroxyl groups excluding tert-OH is 2. The molecular formula is C31H35FN2O7. The first-order valence-electron chi connectivity index (χ1n) is 14.0. The molecule has 1 fully saturated rings. The lowest BCUT2D eigenvalue weighted by molar-refractivity contribution is -0.139. The first-order chi connectivity index (χ1) is 19.8. The molecule has 5 rings (SSSR count). The number of methoxy groups -OCH3 is 1. The molecule has 2 aromatic rings. The van der Waals surface area contributed by atoms with Gasteiger partial charge in [0.15, 0.2) is 11.5 Å². The maximum atomic E-state index is 13.8. The van der Waals surface area contributed by atoms with Gasteiger partial charge in [0.25, 0.3) is 0 Å². The van der Waals surface area contributed by atoms with Gasteiger partial charge in [0.05, 0.1) is 25.7 Å². The average Bonchev–Trinajstić information content (AvgIpc) is 3.64. The lowest BCUT2D eigenvalue weighted by Crippen LogP contribution is -2.55. The summed E-state index contributed by atoms with van der Waals surface area (Å²) in [6.07, 6.45) is 4.41. The number of benzene rings is 2. The minimum atomic E-state index is -1.24. The van der Waals surface area contributed by atoms with Crippen LogP contribution in [0.15, 0.2) is 48.0 Å². The number of amides is 2. The Balaban J connectivity index is 1.57. The molecule has 0 unspecified atom stereocenters. The second-order valence-electron chi connectivity index (χ2n) is 10.9. The summed E-state index contributed by atoms with van der Waals surface area (Å²) in [5.41, 5.74) is 1.76. The molecule has 0 spiro atoms. The van der Waals surface area contributed by atoms with Gasteiger partial charge in [-0.15, -0.1) is 0 Å². The monoisotopic (exact) mass is 566 g/mol.